The fourth-order valence-electron chi connectivity index (χ4n) is 1.31. The smallest absolute Gasteiger partial charge is 0.322 e. The Morgan fingerprint density at radius 2 is 2.33 bits per heavy atom. The van der Waals surface area contributed by atoms with Crippen LogP contribution < -0.4 is 10.9 Å². The second-order valence-corrected chi connectivity index (χ2v) is 5.73. The number of thioether (sulfide) groups is 1. The lowest BCUT2D eigenvalue weighted by Gasteiger charge is -2.24. The summed E-state index contributed by atoms with van der Waals surface area (Å²) in [6, 6.07) is 1.38. The van der Waals surface area contributed by atoms with Gasteiger partial charge in [-0.1, -0.05) is 0 Å². The minimum Gasteiger partial charge on any atom is -0.326 e. The van der Waals surface area contributed by atoms with E-state index in [4.69, 9.17) is 0 Å². The SMILES string of the molecule is CSC[C@H](C)N(C)C(=O)Nc1cc(Br)c[nH]c1=O. The molecule has 0 aromatic carbocycles. The van der Waals surface area contributed by atoms with Gasteiger partial charge in [0, 0.05) is 29.5 Å². The Bertz CT molecular complexity index is 478. The number of hydrogen-bond donors (Lipinski definition) is 2. The molecule has 1 atom stereocenters. The van der Waals surface area contributed by atoms with Crippen LogP contribution in [-0.4, -0.2) is 41.0 Å². The maximum atomic E-state index is 11.9. The largest absolute Gasteiger partial charge is 0.326 e. The number of amides is 2. The highest BCUT2D eigenvalue weighted by Crippen LogP contribution is 2.11. The molecule has 1 heterocycles. The first kappa shape index (κ1) is 15.1. The molecule has 1 rings (SSSR count). The molecule has 0 saturated heterocycles. The molecule has 1 aromatic rings. The molecule has 0 aliphatic carbocycles. The standard InChI is InChI=1S/C11H16BrN3O2S/c1-7(6-18-3)15(2)11(17)14-9-4-8(12)5-13-10(9)16/h4-5,7H,6H2,1-3H3,(H,13,16)(H,14,17)/t7-/m0/s1. The van der Waals surface area contributed by atoms with E-state index in [1.54, 1.807) is 29.8 Å². The molecule has 100 valence electrons. The Morgan fingerprint density at radius 3 is 2.94 bits per heavy atom. The van der Waals surface area contributed by atoms with Gasteiger partial charge >= 0.3 is 6.03 Å². The molecule has 0 bridgehead atoms. The van der Waals surface area contributed by atoms with Crippen molar-refractivity contribution in [1.29, 1.82) is 0 Å². The van der Waals surface area contributed by atoms with Crippen molar-refractivity contribution in [2.24, 2.45) is 0 Å². The van der Waals surface area contributed by atoms with Crippen LogP contribution in [0.15, 0.2) is 21.5 Å². The van der Waals surface area contributed by atoms with Crippen molar-refractivity contribution in [1.82, 2.24) is 9.88 Å². The molecule has 0 aliphatic rings. The predicted octanol–water partition coefficient (Wildman–Crippen LogP) is 2.35. The number of aromatic amines is 1. The van der Waals surface area contributed by atoms with Gasteiger partial charge in [0.25, 0.3) is 5.56 Å². The van der Waals surface area contributed by atoms with Crippen LogP contribution in [0.5, 0.6) is 0 Å². The second-order valence-electron chi connectivity index (χ2n) is 3.91. The van der Waals surface area contributed by atoms with Gasteiger partial charge in [-0.15, -0.1) is 0 Å². The number of H-pyrrole nitrogens is 1. The zero-order valence-electron chi connectivity index (χ0n) is 10.5. The highest BCUT2D eigenvalue weighted by Gasteiger charge is 2.16. The average molecular weight is 334 g/mol. The van der Waals surface area contributed by atoms with Crippen LogP contribution in [0.3, 0.4) is 0 Å². The van der Waals surface area contributed by atoms with E-state index in [0.29, 0.717) is 4.47 Å². The molecular formula is C11H16BrN3O2S. The summed E-state index contributed by atoms with van der Waals surface area (Å²) in [6.45, 7) is 1.96. The van der Waals surface area contributed by atoms with E-state index in [0.717, 1.165) is 5.75 Å². The monoisotopic (exact) mass is 333 g/mol. The fraction of sp³-hybridized carbons (Fsp3) is 0.455. The van der Waals surface area contributed by atoms with E-state index >= 15 is 0 Å². The van der Waals surface area contributed by atoms with E-state index in [1.807, 2.05) is 13.2 Å². The maximum Gasteiger partial charge on any atom is 0.322 e. The number of aromatic nitrogens is 1. The molecule has 0 spiro atoms. The van der Waals surface area contributed by atoms with Gasteiger partial charge < -0.3 is 15.2 Å². The first-order chi connectivity index (χ1) is 8.45. The van der Waals surface area contributed by atoms with Crippen LogP contribution in [0.4, 0.5) is 10.5 Å². The number of pyridine rings is 1. The lowest BCUT2D eigenvalue weighted by molar-refractivity contribution is 0.212. The summed E-state index contributed by atoms with van der Waals surface area (Å²) < 4.78 is 0.706. The van der Waals surface area contributed by atoms with Crippen LogP contribution >= 0.6 is 27.7 Å². The van der Waals surface area contributed by atoms with Gasteiger partial charge in [0.1, 0.15) is 5.69 Å². The summed E-state index contributed by atoms with van der Waals surface area (Å²) in [5, 5.41) is 2.59. The van der Waals surface area contributed by atoms with E-state index in [1.165, 1.54) is 6.20 Å². The number of urea groups is 1. The highest BCUT2D eigenvalue weighted by atomic mass is 79.9. The van der Waals surface area contributed by atoms with Crippen molar-refractivity contribution >= 4 is 39.4 Å². The number of nitrogens with zero attached hydrogens (tertiary/aromatic N) is 1. The van der Waals surface area contributed by atoms with Crippen LogP contribution in [0, 0.1) is 0 Å². The van der Waals surface area contributed by atoms with Crippen molar-refractivity contribution in [3.05, 3.63) is 27.1 Å². The third kappa shape index (κ3) is 4.06. The molecule has 0 radical (unpaired) electrons. The van der Waals surface area contributed by atoms with E-state index in [9.17, 15) is 9.59 Å². The van der Waals surface area contributed by atoms with Gasteiger partial charge in [-0.25, -0.2) is 4.79 Å². The van der Waals surface area contributed by atoms with Gasteiger partial charge in [0.05, 0.1) is 0 Å². The molecular weight excluding hydrogens is 318 g/mol. The Balaban J connectivity index is 2.75. The second kappa shape index (κ2) is 6.84. The van der Waals surface area contributed by atoms with Gasteiger partial charge in [0.15, 0.2) is 0 Å². The third-order valence-electron chi connectivity index (χ3n) is 2.50. The van der Waals surface area contributed by atoms with Crippen LogP contribution in [-0.2, 0) is 0 Å². The lowest BCUT2D eigenvalue weighted by atomic mass is 10.3. The number of rotatable bonds is 4. The van der Waals surface area contributed by atoms with E-state index in [-0.39, 0.29) is 23.3 Å². The lowest BCUT2D eigenvalue weighted by Crippen LogP contribution is -2.40. The first-order valence-electron chi connectivity index (χ1n) is 5.36. The Labute approximate surface area is 118 Å². The minimum absolute atomic E-state index is 0.103. The highest BCUT2D eigenvalue weighted by molar-refractivity contribution is 9.10. The van der Waals surface area contributed by atoms with Crippen molar-refractivity contribution in [2.75, 3.05) is 24.4 Å². The van der Waals surface area contributed by atoms with Crippen molar-refractivity contribution in [2.45, 2.75) is 13.0 Å². The summed E-state index contributed by atoms with van der Waals surface area (Å²) in [4.78, 5) is 27.5. The number of carbonyl (C=O) groups is 1. The van der Waals surface area contributed by atoms with E-state index < -0.39 is 0 Å². The average Bonchev–Trinajstić information content (AvgIpc) is 2.33. The molecule has 2 amide bonds. The summed E-state index contributed by atoms with van der Waals surface area (Å²) in [5.41, 5.74) is -0.0879. The number of nitrogens with one attached hydrogen (secondary N) is 2. The molecule has 7 heteroatoms. The molecule has 0 saturated carbocycles. The van der Waals surface area contributed by atoms with Crippen molar-refractivity contribution in [3.63, 3.8) is 0 Å². The van der Waals surface area contributed by atoms with Crippen LogP contribution in [0.25, 0.3) is 0 Å². The number of halogens is 1. The number of hydrogen-bond acceptors (Lipinski definition) is 3. The predicted molar refractivity (Wildman–Crippen MR) is 79.4 cm³/mol. The first-order valence-corrected chi connectivity index (χ1v) is 7.55. The Kier molecular flexibility index (Phi) is 5.74. The normalized spacial score (nSPS) is 12.0. The fourth-order valence-corrected chi connectivity index (χ4v) is 2.36. The van der Waals surface area contributed by atoms with Crippen LogP contribution in [0.1, 0.15) is 6.92 Å². The number of anilines is 1. The summed E-state index contributed by atoms with van der Waals surface area (Å²) in [6.07, 6.45) is 3.51. The summed E-state index contributed by atoms with van der Waals surface area (Å²) in [5.74, 6) is 0.846. The van der Waals surface area contributed by atoms with Crippen LogP contribution in [0.2, 0.25) is 0 Å². The van der Waals surface area contributed by atoms with Crippen molar-refractivity contribution < 1.29 is 4.79 Å². The Hall–Kier alpha value is -0.950. The minimum atomic E-state index is -0.322. The number of carbonyl (C=O) groups excluding carboxylic acids is 1. The molecule has 0 unspecified atom stereocenters. The molecule has 18 heavy (non-hydrogen) atoms. The molecule has 0 fully saturated rings. The molecule has 2 N–H and O–H groups in total. The quantitative estimate of drug-likeness (QED) is 0.888. The van der Waals surface area contributed by atoms with Gasteiger partial charge in [0.2, 0.25) is 0 Å². The van der Waals surface area contributed by atoms with E-state index in [2.05, 4.69) is 26.2 Å². The zero-order valence-corrected chi connectivity index (χ0v) is 12.9. The van der Waals surface area contributed by atoms with Gasteiger partial charge in [-0.2, -0.15) is 11.8 Å². The molecule has 1 aromatic heterocycles. The van der Waals surface area contributed by atoms with Gasteiger partial charge in [-0.05, 0) is 35.2 Å². The van der Waals surface area contributed by atoms with Gasteiger partial charge in [-0.3, -0.25) is 4.79 Å². The van der Waals surface area contributed by atoms with Crippen molar-refractivity contribution in [3.8, 4) is 0 Å². The molecule has 5 nitrogen and oxygen atoms in total. The topological polar surface area (TPSA) is 65.2 Å². The third-order valence-corrected chi connectivity index (χ3v) is 3.77. The molecule has 0 aliphatic heterocycles. The zero-order chi connectivity index (χ0) is 13.7. The summed E-state index contributed by atoms with van der Waals surface area (Å²) >= 11 is 4.91. The Morgan fingerprint density at radius 1 is 1.67 bits per heavy atom. The summed E-state index contributed by atoms with van der Waals surface area (Å²) in [7, 11) is 1.71. The maximum absolute atomic E-state index is 11.9.